The summed E-state index contributed by atoms with van der Waals surface area (Å²) in [6, 6.07) is 4.89. The molecule has 2 aromatic heterocycles. The quantitative estimate of drug-likeness (QED) is 0.776. The molecular formula is C18H18FN3O. The lowest BCUT2D eigenvalue weighted by Crippen LogP contribution is -2.14. The number of fused-ring (bicyclic) bond motifs is 1. The van der Waals surface area contributed by atoms with Gasteiger partial charge in [0, 0.05) is 29.0 Å². The molecule has 0 fully saturated rings. The van der Waals surface area contributed by atoms with Crippen molar-refractivity contribution in [1.29, 1.82) is 0 Å². The monoisotopic (exact) mass is 311 g/mol. The maximum Gasteiger partial charge on any atom is 0.249 e. The molecule has 0 saturated carbocycles. The third kappa shape index (κ3) is 2.70. The summed E-state index contributed by atoms with van der Waals surface area (Å²) in [5.41, 5.74) is 10.3. The van der Waals surface area contributed by atoms with E-state index in [1.54, 1.807) is 24.5 Å². The Morgan fingerprint density at radius 1 is 1.26 bits per heavy atom. The van der Waals surface area contributed by atoms with E-state index in [1.807, 2.05) is 13.8 Å². The number of carbonyl (C=O) groups is 1. The van der Waals surface area contributed by atoms with Gasteiger partial charge < -0.3 is 10.7 Å². The van der Waals surface area contributed by atoms with Crippen LogP contribution in [0.3, 0.4) is 0 Å². The standard InChI is InChI=1S/C18H18FN3O/c1-10-3-6-15(19)17-16(10)13(11(2)22-17)5-4-12-9-21-8-7-14(12)18(20)23/h3,6-9,22H,4-5H2,1-2H3,(H2,20,23). The molecule has 0 aliphatic heterocycles. The number of aromatic nitrogens is 2. The average Bonchev–Trinajstić information content (AvgIpc) is 2.87. The fourth-order valence-electron chi connectivity index (χ4n) is 3.08. The van der Waals surface area contributed by atoms with E-state index in [2.05, 4.69) is 9.97 Å². The summed E-state index contributed by atoms with van der Waals surface area (Å²) in [7, 11) is 0. The van der Waals surface area contributed by atoms with Gasteiger partial charge in [-0.1, -0.05) is 6.07 Å². The summed E-state index contributed by atoms with van der Waals surface area (Å²) in [6.45, 7) is 3.91. The Labute approximate surface area is 133 Å². The van der Waals surface area contributed by atoms with Gasteiger partial charge in [-0.2, -0.15) is 0 Å². The van der Waals surface area contributed by atoms with Crippen LogP contribution in [-0.2, 0) is 12.8 Å². The first-order valence-corrected chi connectivity index (χ1v) is 7.48. The Hall–Kier alpha value is -2.69. The Kier molecular flexibility index (Phi) is 3.86. The second kappa shape index (κ2) is 5.83. The predicted molar refractivity (Wildman–Crippen MR) is 87.9 cm³/mol. The van der Waals surface area contributed by atoms with Crippen LogP contribution in [0.4, 0.5) is 4.39 Å². The summed E-state index contributed by atoms with van der Waals surface area (Å²) in [5.74, 6) is -0.709. The first-order valence-electron chi connectivity index (χ1n) is 7.48. The normalized spacial score (nSPS) is 11.1. The van der Waals surface area contributed by atoms with E-state index >= 15 is 0 Å². The maximum atomic E-state index is 14.0. The lowest BCUT2D eigenvalue weighted by molar-refractivity contribution is 0.0999. The molecule has 1 amide bonds. The molecule has 118 valence electrons. The summed E-state index contributed by atoms with van der Waals surface area (Å²) in [5, 5.41) is 0.923. The first kappa shape index (κ1) is 15.2. The van der Waals surface area contributed by atoms with Crippen LogP contribution in [0.2, 0.25) is 0 Å². The number of nitrogens with zero attached hydrogens (tertiary/aromatic N) is 1. The number of rotatable bonds is 4. The van der Waals surface area contributed by atoms with Crippen LogP contribution >= 0.6 is 0 Å². The van der Waals surface area contributed by atoms with Gasteiger partial charge in [-0.05, 0) is 55.5 Å². The number of nitrogens with two attached hydrogens (primary N) is 1. The summed E-state index contributed by atoms with van der Waals surface area (Å²) in [4.78, 5) is 18.7. The highest BCUT2D eigenvalue weighted by Gasteiger charge is 2.15. The molecule has 23 heavy (non-hydrogen) atoms. The molecule has 0 spiro atoms. The van der Waals surface area contributed by atoms with E-state index in [0.717, 1.165) is 27.8 Å². The van der Waals surface area contributed by atoms with Crippen LogP contribution in [0.15, 0.2) is 30.6 Å². The second-order valence-corrected chi connectivity index (χ2v) is 5.74. The molecular weight excluding hydrogens is 293 g/mol. The molecule has 2 heterocycles. The van der Waals surface area contributed by atoms with Crippen LogP contribution in [0, 0.1) is 19.7 Å². The molecule has 4 nitrogen and oxygen atoms in total. The predicted octanol–water partition coefficient (Wildman–Crippen LogP) is 3.20. The number of H-pyrrole nitrogens is 1. The van der Waals surface area contributed by atoms with Gasteiger partial charge in [0.05, 0.1) is 5.52 Å². The lowest BCUT2D eigenvalue weighted by Gasteiger charge is -2.07. The van der Waals surface area contributed by atoms with Crippen molar-refractivity contribution in [3.8, 4) is 0 Å². The van der Waals surface area contributed by atoms with E-state index in [1.165, 1.54) is 6.07 Å². The molecule has 0 aliphatic rings. The van der Waals surface area contributed by atoms with E-state index in [-0.39, 0.29) is 5.82 Å². The highest BCUT2D eigenvalue weighted by atomic mass is 19.1. The fourth-order valence-corrected chi connectivity index (χ4v) is 3.08. The van der Waals surface area contributed by atoms with E-state index < -0.39 is 5.91 Å². The third-order valence-corrected chi connectivity index (χ3v) is 4.24. The number of aryl methyl sites for hydroxylation is 4. The van der Waals surface area contributed by atoms with Crippen molar-refractivity contribution in [1.82, 2.24) is 9.97 Å². The van der Waals surface area contributed by atoms with Crippen molar-refractivity contribution in [3.63, 3.8) is 0 Å². The number of aromatic amines is 1. The highest BCUT2D eigenvalue weighted by molar-refractivity contribution is 5.94. The van der Waals surface area contributed by atoms with Crippen LogP contribution in [-0.4, -0.2) is 15.9 Å². The van der Waals surface area contributed by atoms with Gasteiger partial charge in [0.15, 0.2) is 0 Å². The highest BCUT2D eigenvalue weighted by Crippen LogP contribution is 2.28. The number of nitrogens with one attached hydrogen (secondary N) is 1. The van der Waals surface area contributed by atoms with Crippen molar-refractivity contribution >= 4 is 16.8 Å². The molecule has 3 rings (SSSR count). The SMILES string of the molecule is Cc1[nH]c2c(F)ccc(C)c2c1CCc1cnccc1C(N)=O. The molecule has 0 unspecified atom stereocenters. The smallest absolute Gasteiger partial charge is 0.249 e. The van der Waals surface area contributed by atoms with Crippen LogP contribution < -0.4 is 5.73 Å². The van der Waals surface area contributed by atoms with Gasteiger partial charge in [-0.3, -0.25) is 9.78 Å². The number of primary amides is 1. The number of hydrogen-bond donors (Lipinski definition) is 2. The molecule has 0 bridgehead atoms. The van der Waals surface area contributed by atoms with E-state index in [9.17, 15) is 9.18 Å². The van der Waals surface area contributed by atoms with Gasteiger partial charge in [0.2, 0.25) is 5.91 Å². The van der Waals surface area contributed by atoms with Crippen LogP contribution in [0.25, 0.3) is 10.9 Å². The van der Waals surface area contributed by atoms with Gasteiger partial charge in [-0.25, -0.2) is 4.39 Å². The van der Waals surface area contributed by atoms with Gasteiger partial charge in [0.1, 0.15) is 5.82 Å². The zero-order chi connectivity index (χ0) is 16.6. The number of amides is 1. The van der Waals surface area contributed by atoms with Crippen molar-refractivity contribution in [2.24, 2.45) is 5.73 Å². The van der Waals surface area contributed by atoms with Gasteiger partial charge >= 0.3 is 0 Å². The zero-order valence-corrected chi connectivity index (χ0v) is 13.1. The van der Waals surface area contributed by atoms with Crippen LogP contribution in [0.5, 0.6) is 0 Å². The molecule has 3 N–H and O–H groups in total. The van der Waals surface area contributed by atoms with Crippen molar-refractivity contribution in [3.05, 3.63) is 64.4 Å². The number of halogens is 1. The number of pyridine rings is 1. The van der Waals surface area contributed by atoms with Gasteiger partial charge in [0.25, 0.3) is 0 Å². The van der Waals surface area contributed by atoms with Crippen molar-refractivity contribution in [2.45, 2.75) is 26.7 Å². The first-order chi connectivity index (χ1) is 11.0. The molecule has 0 atom stereocenters. The van der Waals surface area contributed by atoms with Gasteiger partial charge in [-0.15, -0.1) is 0 Å². The average molecular weight is 311 g/mol. The fraction of sp³-hybridized carbons (Fsp3) is 0.222. The number of benzene rings is 1. The molecule has 3 aromatic rings. The molecule has 0 aliphatic carbocycles. The molecule has 5 heteroatoms. The Morgan fingerprint density at radius 2 is 2.04 bits per heavy atom. The second-order valence-electron chi connectivity index (χ2n) is 5.74. The number of hydrogen-bond acceptors (Lipinski definition) is 2. The van der Waals surface area contributed by atoms with Crippen molar-refractivity contribution < 1.29 is 9.18 Å². The maximum absolute atomic E-state index is 14.0. The minimum Gasteiger partial charge on any atom is -0.366 e. The summed E-state index contributed by atoms with van der Waals surface area (Å²) in [6.07, 6.45) is 4.52. The largest absolute Gasteiger partial charge is 0.366 e. The molecule has 0 saturated heterocycles. The molecule has 0 radical (unpaired) electrons. The lowest BCUT2D eigenvalue weighted by atomic mass is 9.98. The zero-order valence-electron chi connectivity index (χ0n) is 13.1. The third-order valence-electron chi connectivity index (χ3n) is 4.24. The van der Waals surface area contributed by atoms with E-state index in [0.29, 0.717) is 23.9 Å². The van der Waals surface area contributed by atoms with Crippen LogP contribution in [0.1, 0.15) is 32.7 Å². The minimum atomic E-state index is -0.458. The van der Waals surface area contributed by atoms with E-state index in [4.69, 9.17) is 5.73 Å². The summed E-state index contributed by atoms with van der Waals surface area (Å²) >= 11 is 0. The molecule has 1 aromatic carbocycles. The number of carbonyl (C=O) groups excluding carboxylic acids is 1. The topological polar surface area (TPSA) is 71.8 Å². The van der Waals surface area contributed by atoms with Crippen molar-refractivity contribution in [2.75, 3.05) is 0 Å². The minimum absolute atomic E-state index is 0.251. The Morgan fingerprint density at radius 3 is 2.78 bits per heavy atom. The Balaban J connectivity index is 1.99. The summed E-state index contributed by atoms with van der Waals surface area (Å²) < 4.78 is 14.0. The Bertz CT molecular complexity index is 899.